The van der Waals surface area contributed by atoms with E-state index in [1.807, 2.05) is 6.92 Å². The van der Waals surface area contributed by atoms with Gasteiger partial charge in [-0.15, -0.1) is 0 Å². The second-order valence-corrected chi connectivity index (χ2v) is 4.03. The topological polar surface area (TPSA) is 21.3 Å². The molecular formula is C13H17F4NO. The summed E-state index contributed by atoms with van der Waals surface area (Å²) in [4.78, 5) is 0. The highest BCUT2D eigenvalue weighted by atomic mass is 19.4. The zero-order chi connectivity index (χ0) is 14.3. The molecule has 0 saturated carbocycles. The van der Waals surface area contributed by atoms with Crippen molar-refractivity contribution in [3.05, 3.63) is 35.1 Å². The zero-order valence-electron chi connectivity index (χ0n) is 10.7. The summed E-state index contributed by atoms with van der Waals surface area (Å²) in [6, 6.07) is 2.72. The van der Waals surface area contributed by atoms with Crippen molar-refractivity contribution in [2.45, 2.75) is 26.1 Å². The molecule has 108 valence electrons. The van der Waals surface area contributed by atoms with E-state index in [1.165, 1.54) is 0 Å². The van der Waals surface area contributed by atoms with Crippen LogP contribution in [0.5, 0.6) is 0 Å². The minimum absolute atomic E-state index is 0.0466. The van der Waals surface area contributed by atoms with Gasteiger partial charge in [-0.05, 0) is 37.6 Å². The van der Waals surface area contributed by atoms with E-state index in [0.717, 1.165) is 18.6 Å². The number of ether oxygens (including phenoxy) is 1. The highest BCUT2D eigenvalue weighted by molar-refractivity contribution is 5.30. The monoisotopic (exact) mass is 279 g/mol. The minimum Gasteiger partial charge on any atom is -0.382 e. The van der Waals surface area contributed by atoms with Crippen molar-refractivity contribution in [1.82, 2.24) is 5.32 Å². The average molecular weight is 279 g/mol. The summed E-state index contributed by atoms with van der Waals surface area (Å²) in [5.41, 5.74) is -0.880. The van der Waals surface area contributed by atoms with E-state index in [9.17, 15) is 17.6 Å². The summed E-state index contributed by atoms with van der Waals surface area (Å²) in [6.07, 6.45) is -3.82. The third kappa shape index (κ3) is 5.57. The molecule has 0 aliphatic heterocycles. The first kappa shape index (κ1) is 15.9. The lowest BCUT2D eigenvalue weighted by Crippen LogP contribution is -2.19. The molecule has 0 aromatic heterocycles. The average Bonchev–Trinajstić information content (AvgIpc) is 2.34. The van der Waals surface area contributed by atoms with Crippen LogP contribution in [0.4, 0.5) is 17.6 Å². The van der Waals surface area contributed by atoms with Crippen LogP contribution in [0.3, 0.4) is 0 Å². The van der Waals surface area contributed by atoms with Gasteiger partial charge in [-0.2, -0.15) is 13.2 Å². The molecule has 0 atom stereocenters. The first-order valence-electron chi connectivity index (χ1n) is 6.09. The van der Waals surface area contributed by atoms with E-state index in [-0.39, 0.29) is 12.1 Å². The molecule has 0 heterocycles. The number of benzene rings is 1. The van der Waals surface area contributed by atoms with Gasteiger partial charge >= 0.3 is 6.18 Å². The molecule has 0 radical (unpaired) electrons. The van der Waals surface area contributed by atoms with Crippen molar-refractivity contribution in [2.75, 3.05) is 19.8 Å². The van der Waals surface area contributed by atoms with Crippen molar-refractivity contribution >= 4 is 0 Å². The number of rotatable bonds is 7. The second-order valence-electron chi connectivity index (χ2n) is 4.03. The Morgan fingerprint density at radius 3 is 2.63 bits per heavy atom. The standard InChI is InChI=1S/C13H17F4NO/c1-2-19-7-3-6-18-9-10-4-5-11(14)8-12(10)13(15,16)17/h4-5,8,18H,2-3,6-7,9H2,1H3. The van der Waals surface area contributed by atoms with Gasteiger partial charge in [0.2, 0.25) is 0 Å². The van der Waals surface area contributed by atoms with Gasteiger partial charge in [0.25, 0.3) is 0 Å². The molecule has 6 heteroatoms. The summed E-state index contributed by atoms with van der Waals surface area (Å²) in [5.74, 6) is -0.882. The fourth-order valence-corrected chi connectivity index (χ4v) is 1.63. The third-order valence-electron chi connectivity index (χ3n) is 2.54. The van der Waals surface area contributed by atoms with Crippen LogP contribution in [0.2, 0.25) is 0 Å². The Bertz CT molecular complexity index is 393. The molecule has 1 N–H and O–H groups in total. The van der Waals surface area contributed by atoms with Gasteiger partial charge in [-0.25, -0.2) is 4.39 Å². The first-order chi connectivity index (χ1) is 8.95. The smallest absolute Gasteiger partial charge is 0.382 e. The minimum atomic E-state index is -4.54. The highest BCUT2D eigenvalue weighted by Gasteiger charge is 2.33. The van der Waals surface area contributed by atoms with E-state index in [0.29, 0.717) is 25.8 Å². The normalized spacial score (nSPS) is 11.8. The molecule has 0 amide bonds. The van der Waals surface area contributed by atoms with Crippen LogP contribution in [-0.2, 0) is 17.5 Å². The van der Waals surface area contributed by atoms with Crippen molar-refractivity contribution in [3.63, 3.8) is 0 Å². The molecular weight excluding hydrogens is 262 g/mol. The van der Waals surface area contributed by atoms with Gasteiger partial charge in [0.15, 0.2) is 0 Å². The highest BCUT2D eigenvalue weighted by Crippen LogP contribution is 2.32. The number of hydrogen-bond donors (Lipinski definition) is 1. The summed E-state index contributed by atoms with van der Waals surface area (Å²) >= 11 is 0. The fraction of sp³-hybridized carbons (Fsp3) is 0.538. The Balaban J connectivity index is 2.54. The van der Waals surface area contributed by atoms with Crippen LogP contribution in [0, 0.1) is 5.82 Å². The summed E-state index contributed by atoms with van der Waals surface area (Å²) in [6.45, 7) is 3.67. The summed E-state index contributed by atoms with van der Waals surface area (Å²) < 4.78 is 56.0. The molecule has 19 heavy (non-hydrogen) atoms. The Morgan fingerprint density at radius 2 is 2.00 bits per heavy atom. The molecule has 1 aromatic rings. The van der Waals surface area contributed by atoms with Crippen LogP contribution in [0.15, 0.2) is 18.2 Å². The van der Waals surface area contributed by atoms with Crippen molar-refractivity contribution in [1.29, 1.82) is 0 Å². The first-order valence-corrected chi connectivity index (χ1v) is 6.09. The Morgan fingerprint density at radius 1 is 1.26 bits per heavy atom. The second kappa shape index (κ2) is 7.45. The number of hydrogen-bond acceptors (Lipinski definition) is 2. The van der Waals surface area contributed by atoms with Gasteiger partial charge in [-0.1, -0.05) is 6.07 Å². The molecule has 2 nitrogen and oxygen atoms in total. The Labute approximate surface area is 109 Å². The van der Waals surface area contributed by atoms with Crippen molar-refractivity contribution < 1.29 is 22.3 Å². The van der Waals surface area contributed by atoms with E-state index < -0.39 is 17.6 Å². The Kier molecular flexibility index (Phi) is 6.24. The van der Waals surface area contributed by atoms with E-state index >= 15 is 0 Å². The lowest BCUT2D eigenvalue weighted by atomic mass is 10.1. The van der Waals surface area contributed by atoms with Crippen LogP contribution in [0.1, 0.15) is 24.5 Å². The number of halogens is 4. The fourth-order valence-electron chi connectivity index (χ4n) is 1.63. The van der Waals surface area contributed by atoms with Gasteiger partial charge in [0.1, 0.15) is 5.82 Å². The SMILES string of the molecule is CCOCCCNCc1ccc(F)cc1C(F)(F)F. The maximum Gasteiger partial charge on any atom is 0.416 e. The molecule has 0 aliphatic rings. The quantitative estimate of drug-likeness (QED) is 0.610. The van der Waals surface area contributed by atoms with Crippen LogP contribution in [0.25, 0.3) is 0 Å². The van der Waals surface area contributed by atoms with E-state index in [1.54, 1.807) is 0 Å². The lowest BCUT2D eigenvalue weighted by molar-refractivity contribution is -0.138. The molecule has 0 bridgehead atoms. The molecule has 1 rings (SSSR count). The molecule has 0 saturated heterocycles. The van der Waals surface area contributed by atoms with Crippen molar-refractivity contribution in [2.24, 2.45) is 0 Å². The number of alkyl halides is 3. The zero-order valence-corrected chi connectivity index (χ0v) is 10.7. The van der Waals surface area contributed by atoms with Gasteiger partial charge in [0.05, 0.1) is 5.56 Å². The molecule has 1 aromatic carbocycles. The molecule has 0 fully saturated rings. The maximum atomic E-state index is 12.9. The van der Waals surface area contributed by atoms with Crippen LogP contribution in [-0.4, -0.2) is 19.8 Å². The Hall–Kier alpha value is -1.14. The molecule has 0 unspecified atom stereocenters. The maximum absolute atomic E-state index is 12.9. The van der Waals surface area contributed by atoms with Gasteiger partial charge < -0.3 is 10.1 Å². The predicted octanol–water partition coefficient (Wildman–Crippen LogP) is 3.36. The summed E-state index contributed by atoms with van der Waals surface area (Å²) in [7, 11) is 0. The largest absolute Gasteiger partial charge is 0.416 e. The molecule has 0 spiro atoms. The van der Waals surface area contributed by atoms with Gasteiger partial charge in [0, 0.05) is 19.8 Å². The van der Waals surface area contributed by atoms with Crippen LogP contribution < -0.4 is 5.32 Å². The van der Waals surface area contributed by atoms with E-state index in [2.05, 4.69) is 5.32 Å². The predicted molar refractivity (Wildman–Crippen MR) is 64.2 cm³/mol. The summed E-state index contributed by atoms with van der Waals surface area (Å²) in [5, 5.41) is 2.89. The van der Waals surface area contributed by atoms with Crippen LogP contribution >= 0.6 is 0 Å². The van der Waals surface area contributed by atoms with Crippen molar-refractivity contribution in [3.8, 4) is 0 Å². The van der Waals surface area contributed by atoms with E-state index in [4.69, 9.17) is 4.74 Å². The lowest BCUT2D eigenvalue weighted by Gasteiger charge is -2.13. The number of nitrogens with one attached hydrogen (secondary N) is 1. The van der Waals surface area contributed by atoms with Gasteiger partial charge in [-0.3, -0.25) is 0 Å². The molecule has 0 aliphatic carbocycles. The third-order valence-corrected chi connectivity index (χ3v) is 2.54.